The van der Waals surface area contributed by atoms with Crippen LogP contribution in [0.5, 0.6) is 0 Å². The maximum absolute atomic E-state index is 13.8. The van der Waals surface area contributed by atoms with Gasteiger partial charge in [-0.1, -0.05) is 6.07 Å². The average molecular weight is 426 g/mol. The Labute approximate surface area is 167 Å². The molecule has 3 rings (SSSR count). The molecule has 1 aromatic heterocycles. The van der Waals surface area contributed by atoms with Gasteiger partial charge in [-0.3, -0.25) is 5.32 Å². The van der Waals surface area contributed by atoms with Crippen molar-refractivity contribution in [3.05, 3.63) is 36.3 Å². The number of benzene rings is 1. The number of ether oxygens (including phenoxy) is 1. The van der Waals surface area contributed by atoms with E-state index in [1.165, 1.54) is 25.4 Å². The number of nitrogens with zero attached hydrogens (tertiary/aromatic N) is 2. The van der Waals surface area contributed by atoms with Crippen LogP contribution in [0.3, 0.4) is 0 Å². The van der Waals surface area contributed by atoms with E-state index in [-0.39, 0.29) is 16.1 Å². The minimum atomic E-state index is -3.71. The van der Waals surface area contributed by atoms with Crippen LogP contribution in [-0.4, -0.2) is 57.5 Å². The fraction of sp³-hybridized carbons (Fsp3) is 0.333. The van der Waals surface area contributed by atoms with Gasteiger partial charge in [0.25, 0.3) is 0 Å². The van der Waals surface area contributed by atoms with Gasteiger partial charge in [0.05, 0.1) is 23.9 Å². The summed E-state index contributed by atoms with van der Waals surface area (Å²) in [4.78, 5) is 18.1. The number of thioether (sulfide) groups is 1. The van der Waals surface area contributed by atoms with Gasteiger partial charge in [0.2, 0.25) is 0 Å². The largest absolute Gasteiger partial charge is 0.453 e. The molecule has 1 N–H and O–H groups in total. The van der Waals surface area contributed by atoms with E-state index in [0.29, 0.717) is 11.4 Å². The lowest BCUT2D eigenvalue weighted by Crippen LogP contribution is -2.33. The Bertz CT molecular complexity index is 992. The number of carbonyl (C=O) groups is 1. The maximum Gasteiger partial charge on any atom is 0.411 e. The van der Waals surface area contributed by atoms with E-state index in [4.69, 9.17) is 0 Å². The first-order valence-corrected chi connectivity index (χ1v) is 11.5. The molecule has 0 atom stereocenters. The summed E-state index contributed by atoms with van der Waals surface area (Å²) in [7, 11) is -2.49. The van der Waals surface area contributed by atoms with E-state index in [1.54, 1.807) is 6.07 Å². The van der Waals surface area contributed by atoms with Gasteiger partial charge in [0, 0.05) is 42.0 Å². The lowest BCUT2D eigenvalue weighted by Gasteiger charge is -2.28. The minimum Gasteiger partial charge on any atom is -0.453 e. The second-order valence-electron chi connectivity index (χ2n) is 6.22. The van der Waals surface area contributed by atoms with Crippen LogP contribution < -0.4 is 10.2 Å². The topological polar surface area (TPSA) is 88.6 Å². The Morgan fingerprint density at radius 2 is 1.96 bits per heavy atom. The zero-order valence-electron chi connectivity index (χ0n) is 15.4. The van der Waals surface area contributed by atoms with Crippen LogP contribution in [0.1, 0.15) is 0 Å². The number of methoxy groups -OCH3 is 1. The van der Waals surface area contributed by atoms with Crippen molar-refractivity contribution < 1.29 is 22.3 Å². The summed E-state index contributed by atoms with van der Waals surface area (Å²) in [5, 5.41) is 2.55. The molecule has 1 saturated heterocycles. The zero-order valence-corrected chi connectivity index (χ0v) is 17.1. The number of halogens is 1. The van der Waals surface area contributed by atoms with Gasteiger partial charge < -0.3 is 9.64 Å². The number of sulfone groups is 1. The number of rotatable bonds is 4. The number of aromatic nitrogens is 1. The van der Waals surface area contributed by atoms with Gasteiger partial charge in [-0.2, -0.15) is 11.8 Å². The molecule has 0 saturated carbocycles. The van der Waals surface area contributed by atoms with Gasteiger partial charge >= 0.3 is 6.09 Å². The van der Waals surface area contributed by atoms with Crippen LogP contribution in [0.15, 0.2) is 35.4 Å². The van der Waals surface area contributed by atoms with Crippen molar-refractivity contribution in [2.24, 2.45) is 0 Å². The van der Waals surface area contributed by atoms with Gasteiger partial charge in [-0.25, -0.2) is 22.6 Å². The van der Waals surface area contributed by atoms with Crippen LogP contribution >= 0.6 is 11.8 Å². The summed E-state index contributed by atoms with van der Waals surface area (Å²) >= 11 is 1.85. The predicted octanol–water partition coefficient (Wildman–Crippen LogP) is 3.02. The van der Waals surface area contributed by atoms with Crippen molar-refractivity contribution in [3.8, 4) is 11.1 Å². The molecule has 1 aliphatic heterocycles. The second kappa shape index (κ2) is 8.36. The number of hydrogen-bond acceptors (Lipinski definition) is 7. The normalized spacial score (nSPS) is 14.6. The first-order valence-electron chi connectivity index (χ1n) is 8.47. The molecule has 150 valence electrons. The summed E-state index contributed by atoms with van der Waals surface area (Å²) in [5.41, 5.74) is 0.984. The van der Waals surface area contributed by atoms with Crippen molar-refractivity contribution >= 4 is 39.2 Å². The lowest BCUT2D eigenvalue weighted by atomic mass is 10.0. The number of anilines is 2. The van der Waals surface area contributed by atoms with Crippen molar-refractivity contribution in [1.82, 2.24) is 4.98 Å². The van der Waals surface area contributed by atoms with Crippen LogP contribution in [0.25, 0.3) is 11.1 Å². The van der Waals surface area contributed by atoms with Crippen LogP contribution in [0.4, 0.5) is 20.7 Å². The van der Waals surface area contributed by atoms with E-state index in [0.717, 1.165) is 36.9 Å². The Morgan fingerprint density at radius 1 is 1.25 bits per heavy atom. The van der Waals surface area contributed by atoms with E-state index in [2.05, 4.69) is 19.9 Å². The van der Waals surface area contributed by atoms with Crippen molar-refractivity contribution in [3.63, 3.8) is 0 Å². The summed E-state index contributed by atoms with van der Waals surface area (Å²) in [5.74, 6) is 1.93. The van der Waals surface area contributed by atoms with Gasteiger partial charge in [0.1, 0.15) is 11.6 Å². The average Bonchev–Trinajstić information content (AvgIpc) is 2.68. The first-order chi connectivity index (χ1) is 13.3. The van der Waals surface area contributed by atoms with Gasteiger partial charge in [-0.05, 0) is 18.2 Å². The highest BCUT2D eigenvalue weighted by Gasteiger charge is 2.21. The maximum atomic E-state index is 13.8. The molecule has 1 fully saturated rings. The van der Waals surface area contributed by atoms with Gasteiger partial charge in [-0.15, -0.1) is 0 Å². The summed E-state index contributed by atoms with van der Waals surface area (Å²) in [6.45, 7) is 1.62. The zero-order chi connectivity index (χ0) is 20.3. The third kappa shape index (κ3) is 4.56. The molecule has 0 spiro atoms. The smallest absolute Gasteiger partial charge is 0.411 e. The third-order valence-corrected chi connectivity index (χ3v) is 6.36. The Balaban J connectivity index is 2.17. The van der Waals surface area contributed by atoms with Gasteiger partial charge in [0.15, 0.2) is 9.84 Å². The van der Waals surface area contributed by atoms with Crippen molar-refractivity contribution in [2.45, 2.75) is 4.90 Å². The highest BCUT2D eigenvalue weighted by Crippen LogP contribution is 2.36. The molecule has 2 heterocycles. The van der Waals surface area contributed by atoms with Crippen molar-refractivity contribution in [2.75, 3.05) is 48.2 Å². The van der Waals surface area contributed by atoms with E-state index in [1.807, 2.05) is 11.8 Å². The van der Waals surface area contributed by atoms with E-state index in [9.17, 15) is 17.6 Å². The molecule has 7 nitrogen and oxygen atoms in total. The minimum absolute atomic E-state index is 0.160. The quantitative estimate of drug-likeness (QED) is 0.805. The molecular formula is C18H20FN3O4S2. The fourth-order valence-corrected chi connectivity index (χ4v) is 4.73. The standard InChI is InChI=1S/C18H20FN3O4S2/c1-26-18(23)21-15-11-20-17(22-5-7-27-8-6-22)10-14(15)13-4-3-12(19)9-16(13)28(2,24)25/h3-4,9-11H,5-8H2,1-2H3,(H,21,23). The molecule has 28 heavy (non-hydrogen) atoms. The number of amides is 1. The van der Waals surface area contributed by atoms with E-state index >= 15 is 0 Å². The summed E-state index contributed by atoms with van der Waals surface area (Å²) in [6, 6.07) is 5.26. The SMILES string of the molecule is COC(=O)Nc1cnc(N2CCSCC2)cc1-c1ccc(F)cc1S(C)(=O)=O. The van der Waals surface area contributed by atoms with Crippen LogP contribution in [-0.2, 0) is 14.6 Å². The molecule has 2 aromatic rings. The lowest BCUT2D eigenvalue weighted by molar-refractivity contribution is 0.187. The summed E-state index contributed by atoms with van der Waals surface area (Å²) in [6.07, 6.45) is 1.76. The molecule has 1 aromatic carbocycles. The third-order valence-electron chi connectivity index (χ3n) is 4.28. The Morgan fingerprint density at radius 3 is 2.61 bits per heavy atom. The summed E-state index contributed by atoms with van der Waals surface area (Å²) < 4.78 is 42.9. The fourth-order valence-electron chi connectivity index (χ4n) is 2.92. The highest BCUT2D eigenvalue weighted by molar-refractivity contribution is 7.99. The Hall–Kier alpha value is -2.33. The van der Waals surface area contributed by atoms with Crippen molar-refractivity contribution in [1.29, 1.82) is 0 Å². The molecule has 0 radical (unpaired) electrons. The monoisotopic (exact) mass is 425 g/mol. The predicted molar refractivity (Wildman–Crippen MR) is 108 cm³/mol. The van der Waals surface area contributed by atoms with Crippen LogP contribution in [0.2, 0.25) is 0 Å². The first kappa shape index (κ1) is 20.4. The number of hydrogen-bond donors (Lipinski definition) is 1. The number of pyridine rings is 1. The molecule has 0 bridgehead atoms. The molecular weight excluding hydrogens is 405 g/mol. The number of nitrogens with one attached hydrogen (secondary N) is 1. The second-order valence-corrected chi connectivity index (χ2v) is 9.43. The molecule has 1 amide bonds. The molecule has 0 aliphatic carbocycles. The molecule has 10 heteroatoms. The highest BCUT2D eigenvalue weighted by atomic mass is 32.2. The molecule has 0 unspecified atom stereocenters. The van der Waals surface area contributed by atoms with Crippen LogP contribution in [0, 0.1) is 5.82 Å². The Kier molecular flexibility index (Phi) is 6.09. The number of carbonyl (C=O) groups excluding carboxylic acids is 1. The van der Waals surface area contributed by atoms with E-state index < -0.39 is 21.7 Å². The molecule has 1 aliphatic rings.